The van der Waals surface area contributed by atoms with Gasteiger partial charge in [0.25, 0.3) is 0 Å². The summed E-state index contributed by atoms with van der Waals surface area (Å²) in [6.07, 6.45) is 3.34. The number of carbonyl (C=O) groups is 2. The fourth-order valence-electron chi connectivity index (χ4n) is 1.39. The molecule has 2 unspecified atom stereocenters. The predicted octanol–water partition coefficient (Wildman–Crippen LogP) is -0.229. The molecule has 0 aliphatic carbocycles. The molecule has 0 fully saturated rings. The lowest BCUT2D eigenvalue weighted by Gasteiger charge is -2.11. The highest BCUT2D eigenvalue weighted by molar-refractivity contribution is 5.85. The van der Waals surface area contributed by atoms with Gasteiger partial charge in [0.05, 0.1) is 0 Å². The first kappa shape index (κ1) is 26.0. The molecule has 0 aliphatic heterocycles. The smallest absolute Gasteiger partial charge is 0.320 e. The zero-order chi connectivity index (χ0) is 16.7. The van der Waals surface area contributed by atoms with Gasteiger partial charge in [-0.3, -0.25) is 9.59 Å². The summed E-state index contributed by atoms with van der Waals surface area (Å²) in [6.45, 7) is 3.15. The van der Waals surface area contributed by atoms with Crippen LogP contribution in [0.2, 0.25) is 0 Å². The summed E-state index contributed by atoms with van der Waals surface area (Å²) in [4.78, 5) is 20.6. The molecule has 0 aromatic carbocycles. The van der Waals surface area contributed by atoms with Crippen LogP contribution in [0.4, 0.5) is 0 Å². The fourth-order valence-corrected chi connectivity index (χ4v) is 1.39. The van der Waals surface area contributed by atoms with Crippen molar-refractivity contribution in [2.24, 2.45) is 11.5 Å². The van der Waals surface area contributed by atoms with Crippen molar-refractivity contribution in [3.63, 3.8) is 0 Å². The van der Waals surface area contributed by atoms with E-state index in [1.807, 2.05) is 6.92 Å². The Morgan fingerprint density at radius 1 is 1.14 bits per heavy atom. The van der Waals surface area contributed by atoms with Crippen molar-refractivity contribution in [3.8, 4) is 0 Å². The number of unbranched alkanes of at least 4 members (excludes halogenated alkanes) is 1. The van der Waals surface area contributed by atoms with Gasteiger partial charge in [0.15, 0.2) is 0 Å². The molecule has 2 atom stereocenters. The van der Waals surface area contributed by atoms with E-state index in [0.29, 0.717) is 19.5 Å². The van der Waals surface area contributed by atoms with Gasteiger partial charge >= 0.3 is 11.9 Å². The lowest BCUT2D eigenvalue weighted by Crippen LogP contribution is -2.37. The average molecular weight is 344 g/mol. The molecule has 0 bridgehead atoms. The molecule has 0 spiro atoms. The second-order valence-electron chi connectivity index (χ2n) is 4.59. The van der Waals surface area contributed by atoms with Crippen LogP contribution in [0.5, 0.6) is 0 Å². The van der Waals surface area contributed by atoms with Crippen molar-refractivity contribution in [1.29, 1.82) is 0 Å². The summed E-state index contributed by atoms with van der Waals surface area (Å²) >= 11 is 0. The number of halogens is 1. The lowest BCUT2D eigenvalue weighted by molar-refractivity contribution is -0.140. The van der Waals surface area contributed by atoms with Crippen molar-refractivity contribution in [3.05, 3.63) is 0 Å². The maximum atomic E-state index is 10.4. The van der Waals surface area contributed by atoms with Crippen LogP contribution in [0.1, 0.15) is 39.0 Å². The van der Waals surface area contributed by atoms with Crippen LogP contribution in [0, 0.1) is 0 Å². The molecule has 8 nitrogen and oxygen atoms in total. The van der Waals surface area contributed by atoms with Crippen LogP contribution >= 0.6 is 12.4 Å². The Morgan fingerprint density at radius 2 is 1.73 bits per heavy atom. The second kappa shape index (κ2) is 18.1. The summed E-state index contributed by atoms with van der Waals surface area (Å²) in [7, 11) is 0. The SMILES string of the molecule is CCCNC(CCO)C(=O)O.Cl.NCCCCC(N)C(=O)O. The number of rotatable bonds is 11. The first-order chi connectivity index (χ1) is 9.90. The van der Waals surface area contributed by atoms with Crippen LogP contribution in [0.25, 0.3) is 0 Å². The predicted molar refractivity (Wildman–Crippen MR) is 87.2 cm³/mol. The zero-order valence-electron chi connectivity index (χ0n) is 13.0. The summed E-state index contributed by atoms with van der Waals surface area (Å²) in [5.41, 5.74) is 10.4. The van der Waals surface area contributed by atoms with Gasteiger partial charge in [0.1, 0.15) is 12.1 Å². The van der Waals surface area contributed by atoms with E-state index in [2.05, 4.69) is 5.32 Å². The first-order valence-corrected chi connectivity index (χ1v) is 7.16. The summed E-state index contributed by atoms with van der Waals surface area (Å²) in [5, 5.41) is 28.2. The van der Waals surface area contributed by atoms with Gasteiger partial charge in [-0.2, -0.15) is 0 Å². The Morgan fingerprint density at radius 3 is 2.09 bits per heavy atom. The van der Waals surface area contributed by atoms with Crippen LogP contribution in [-0.4, -0.2) is 59.0 Å². The van der Waals surface area contributed by atoms with Crippen LogP contribution in [0.3, 0.4) is 0 Å². The van der Waals surface area contributed by atoms with E-state index in [0.717, 1.165) is 19.3 Å². The molecule has 22 heavy (non-hydrogen) atoms. The number of nitrogens with two attached hydrogens (primary N) is 2. The van der Waals surface area contributed by atoms with Crippen LogP contribution in [-0.2, 0) is 9.59 Å². The Hall–Kier alpha value is -0.930. The minimum atomic E-state index is -0.933. The summed E-state index contributed by atoms with van der Waals surface area (Å²) in [5.74, 6) is -1.83. The normalized spacial score (nSPS) is 12.4. The molecule has 0 rings (SSSR count). The highest BCUT2D eigenvalue weighted by Crippen LogP contribution is 1.97. The maximum absolute atomic E-state index is 10.4. The number of carboxylic acids is 2. The number of hydrogen-bond acceptors (Lipinski definition) is 6. The zero-order valence-corrected chi connectivity index (χ0v) is 13.8. The lowest BCUT2D eigenvalue weighted by atomic mass is 10.1. The molecular weight excluding hydrogens is 314 g/mol. The third-order valence-electron chi connectivity index (χ3n) is 2.64. The molecular formula is C13H30ClN3O5. The number of aliphatic hydroxyl groups is 1. The summed E-state index contributed by atoms with van der Waals surface area (Å²) in [6, 6.07) is -1.31. The molecule has 0 saturated heterocycles. The van der Waals surface area contributed by atoms with Crippen molar-refractivity contribution in [2.45, 2.75) is 51.1 Å². The van der Waals surface area contributed by atoms with E-state index < -0.39 is 24.0 Å². The third kappa shape index (κ3) is 17.1. The van der Waals surface area contributed by atoms with Crippen LogP contribution in [0.15, 0.2) is 0 Å². The van der Waals surface area contributed by atoms with E-state index in [9.17, 15) is 9.59 Å². The van der Waals surface area contributed by atoms with Gasteiger partial charge in [-0.25, -0.2) is 0 Å². The van der Waals surface area contributed by atoms with Gasteiger partial charge in [-0.05, 0) is 38.8 Å². The standard InChI is InChI=1S/C7H15NO3.C6H14N2O2.ClH/c1-2-4-8-6(3-5-9)7(10)11;7-4-2-1-3-5(8)6(9)10;/h6,8-9H,2-5H2,1H3,(H,10,11);5H,1-4,7-8H2,(H,9,10);1H. The second-order valence-corrected chi connectivity index (χ2v) is 4.59. The average Bonchev–Trinajstić information content (AvgIpc) is 2.43. The third-order valence-corrected chi connectivity index (χ3v) is 2.64. The maximum Gasteiger partial charge on any atom is 0.320 e. The molecule has 8 N–H and O–H groups in total. The Bertz CT molecular complexity index is 282. The van der Waals surface area contributed by atoms with Gasteiger partial charge in [-0.1, -0.05) is 13.3 Å². The fraction of sp³-hybridized carbons (Fsp3) is 0.846. The van der Waals surface area contributed by atoms with Crippen molar-refractivity contribution in [1.82, 2.24) is 5.32 Å². The highest BCUT2D eigenvalue weighted by Gasteiger charge is 2.14. The highest BCUT2D eigenvalue weighted by atomic mass is 35.5. The van der Waals surface area contributed by atoms with Gasteiger partial charge in [0.2, 0.25) is 0 Å². The minimum Gasteiger partial charge on any atom is -0.480 e. The first-order valence-electron chi connectivity index (χ1n) is 7.16. The Kier molecular flexibility index (Phi) is 21.4. The van der Waals surface area contributed by atoms with Crippen molar-refractivity contribution >= 4 is 24.3 Å². The van der Waals surface area contributed by atoms with E-state index in [1.54, 1.807) is 0 Å². The van der Waals surface area contributed by atoms with Crippen LogP contribution < -0.4 is 16.8 Å². The van der Waals surface area contributed by atoms with Crippen molar-refractivity contribution in [2.75, 3.05) is 19.7 Å². The molecule has 0 amide bonds. The largest absolute Gasteiger partial charge is 0.480 e. The Balaban J connectivity index is -0.000000315. The topological polar surface area (TPSA) is 159 Å². The van der Waals surface area contributed by atoms with Gasteiger partial charge in [-0.15, -0.1) is 12.4 Å². The van der Waals surface area contributed by atoms with E-state index in [4.69, 9.17) is 26.8 Å². The molecule has 0 heterocycles. The number of aliphatic hydroxyl groups excluding tert-OH is 1. The molecule has 9 heteroatoms. The molecule has 0 aromatic rings. The van der Waals surface area contributed by atoms with E-state index in [-0.39, 0.29) is 25.4 Å². The Labute approximate surface area is 137 Å². The summed E-state index contributed by atoms with van der Waals surface area (Å²) < 4.78 is 0. The van der Waals surface area contributed by atoms with Gasteiger partial charge in [0, 0.05) is 6.61 Å². The monoisotopic (exact) mass is 343 g/mol. The van der Waals surface area contributed by atoms with E-state index >= 15 is 0 Å². The number of hydrogen-bond donors (Lipinski definition) is 6. The minimum absolute atomic E-state index is 0. The molecule has 134 valence electrons. The molecule has 0 radical (unpaired) electrons. The quantitative estimate of drug-likeness (QED) is 0.280. The molecule has 0 saturated carbocycles. The van der Waals surface area contributed by atoms with Crippen molar-refractivity contribution < 1.29 is 24.9 Å². The molecule has 0 aliphatic rings. The number of aliphatic carboxylic acids is 2. The van der Waals surface area contributed by atoms with Gasteiger partial charge < -0.3 is 32.1 Å². The number of nitrogens with one attached hydrogen (secondary N) is 1. The number of carboxylic acid groups (broad SMARTS) is 2. The van der Waals surface area contributed by atoms with E-state index in [1.165, 1.54) is 0 Å². The molecule has 0 aromatic heterocycles.